The Kier molecular flexibility index (Phi) is 3.56. The summed E-state index contributed by atoms with van der Waals surface area (Å²) in [5, 5.41) is 3.24. The molecule has 2 aromatic heterocycles. The molecule has 0 radical (unpaired) electrons. The van der Waals surface area contributed by atoms with Crippen LogP contribution in [-0.4, -0.2) is 26.1 Å². The van der Waals surface area contributed by atoms with Crippen molar-refractivity contribution in [2.24, 2.45) is 0 Å². The highest BCUT2D eigenvalue weighted by molar-refractivity contribution is 5.75. The van der Waals surface area contributed by atoms with Crippen molar-refractivity contribution in [3.8, 4) is 0 Å². The molecule has 1 aromatic carbocycles. The van der Waals surface area contributed by atoms with Crippen LogP contribution in [0.4, 0.5) is 5.82 Å². The molecule has 3 rings (SSSR count). The van der Waals surface area contributed by atoms with Crippen molar-refractivity contribution in [3.05, 3.63) is 47.7 Å². The number of benzene rings is 1. The third-order valence-corrected chi connectivity index (χ3v) is 3.40. The van der Waals surface area contributed by atoms with Crippen LogP contribution in [-0.2, 0) is 6.54 Å². The van der Waals surface area contributed by atoms with Gasteiger partial charge in [0, 0.05) is 18.3 Å². The van der Waals surface area contributed by atoms with Crippen LogP contribution in [0.1, 0.15) is 24.3 Å². The highest BCUT2D eigenvalue weighted by Gasteiger charge is 2.09. The summed E-state index contributed by atoms with van der Waals surface area (Å²) in [5.74, 6) is 2.66. The summed E-state index contributed by atoms with van der Waals surface area (Å²) in [4.78, 5) is 13.7. The lowest BCUT2D eigenvalue weighted by Crippen LogP contribution is -2.09. The minimum Gasteiger partial charge on any atom is -0.370 e. The van der Waals surface area contributed by atoms with Crippen LogP contribution < -0.4 is 5.32 Å². The zero-order valence-corrected chi connectivity index (χ0v) is 12.6. The number of hydrogen-bond donors (Lipinski definition) is 1. The van der Waals surface area contributed by atoms with E-state index in [0.29, 0.717) is 6.54 Å². The maximum Gasteiger partial charge on any atom is 0.150 e. The molecule has 0 unspecified atom stereocenters. The molecule has 5 heteroatoms. The standard InChI is InChI=1S/C16H19N5/c1-4-17-15-9-11(2)18-16(20-15)10-21-12(3)19-13-7-5-6-8-14(13)21/h5-9H,4,10H2,1-3H3,(H,17,18,20). The lowest BCUT2D eigenvalue weighted by molar-refractivity contribution is 0.733. The van der Waals surface area contributed by atoms with Crippen LogP contribution in [0.3, 0.4) is 0 Å². The Morgan fingerprint density at radius 1 is 1.10 bits per heavy atom. The second-order valence-electron chi connectivity index (χ2n) is 5.08. The molecular weight excluding hydrogens is 262 g/mol. The van der Waals surface area contributed by atoms with E-state index in [9.17, 15) is 0 Å². The van der Waals surface area contributed by atoms with E-state index in [1.807, 2.05) is 38.1 Å². The Hall–Kier alpha value is -2.43. The number of imidazole rings is 1. The number of rotatable bonds is 4. The van der Waals surface area contributed by atoms with Crippen molar-refractivity contribution in [1.82, 2.24) is 19.5 Å². The van der Waals surface area contributed by atoms with E-state index in [1.165, 1.54) is 0 Å². The summed E-state index contributed by atoms with van der Waals surface area (Å²) in [6.45, 7) is 7.55. The third-order valence-electron chi connectivity index (χ3n) is 3.40. The van der Waals surface area contributed by atoms with E-state index in [1.54, 1.807) is 0 Å². The van der Waals surface area contributed by atoms with Crippen molar-refractivity contribution in [1.29, 1.82) is 0 Å². The lowest BCUT2D eigenvalue weighted by atomic mass is 10.3. The first kappa shape index (κ1) is 13.5. The average molecular weight is 281 g/mol. The molecule has 0 atom stereocenters. The van der Waals surface area contributed by atoms with Gasteiger partial charge < -0.3 is 9.88 Å². The Labute approximate surface area is 124 Å². The average Bonchev–Trinajstić information content (AvgIpc) is 2.75. The molecule has 0 amide bonds. The molecule has 0 aliphatic carbocycles. The zero-order valence-electron chi connectivity index (χ0n) is 12.6. The highest BCUT2D eigenvalue weighted by Crippen LogP contribution is 2.17. The number of aryl methyl sites for hydroxylation is 2. The summed E-state index contributed by atoms with van der Waals surface area (Å²) in [5.41, 5.74) is 3.10. The van der Waals surface area contributed by atoms with Gasteiger partial charge in [0.25, 0.3) is 0 Å². The molecule has 5 nitrogen and oxygen atoms in total. The van der Waals surface area contributed by atoms with Gasteiger partial charge in [-0.1, -0.05) is 12.1 Å². The van der Waals surface area contributed by atoms with E-state index >= 15 is 0 Å². The summed E-state index contributed by atoms with van der Waals surface area (Å²) in [6, 6.07) is 10.1. The fourth-order valence-electron chi connectivity index (χ4n) is 2.51. The van der Waals surface area contributed by atoms with Gasteiger partial charge in [-0.2, -0.15) is 0 Å². The first-order valence-electron chi connectivity index (χ1n) is 7.17. The first-order valence-corrected chi connectivity index (χ1v) is 7.17. The number of anilines is 1. The molecule has 0 saturated heterocycles. The molecule has 0 saturated carbocycles. The molecule has 1 N–H and O–H groups in total. The monoisotopic (exact) mass is 281 g/mol. The molecule has 0 spiro atoms. The molecule has 0 bridgehead atoms. The van der Waals surface area contributed by atoms with Crippen LogP contribution >= 0.6 is 0 Å². The quantitative estimate of drug-likeness (QED) is 0.799. The van der Waals surface area contributed by atoms with Crippen molar-refractivity contribution >= 4 is 16.9 Å². The van der Waals surface area contributed by atoms with Crippen LogP contribution in [0.5, 0.6) is 0 Å². The van der Waals surface area contributed by atoms with Crippen molar-refractivity contribution in [2.45, 2.75) is 27.3 Å². The molecular formula is C16H19N5. The summed E-state index contributed by atoms with van der Waals surface area (Å²) < 4.78 is 2.15. The van der Waals surface area contributed by atoms with Crippen molar-refractivity contribution in [2.75, 3.05) is 11.9 Å². The van der Waals surface area contributed by atoms with E-state index < -0.39 is 0 Å². The van der Waals surface area contributed by atoms with Crippen molar-refractivity contribution < 1.29 is 0 Å². The van der Waals surface area contributed by atoms with E-state index in [0.717, 1.165) is 40.7 Å². The number of nitrogens with zero attached hydrogens (tertiary/aromatic N) is 4. The predicted octanol–water partition coefficient (Wildman–Crippen LogP) is 2.92. The van der Waals surface area contributed by atoms with Gasteiger partial charge in [-0.25, -0.2) is 15.0 Å². The summed E-state index contributed by atoms with van der Waals surface area (Å²) >= 11 is 0. The topological polar surface area (TPSA) is 55.6 Å². The second kappa shape index (κ2) is 5.52. The molecule has 0 aliphatic rings. The van der Waals surface area contributed by atoms with Crippen molar-refractivity contribution in [3.63, 3.8) is 0 Å². The number of para-hydroxylation sites is 2. The minimum absolute atomic E-state index is 0.631. The molecule has 2 heterocycles. The molecule has 21 heavy (non-hydrogen) atoms. The minimum atomic E-state index is 0.631. The smallest absolute Gasteiger partial charge is 0.150 e. The number of fused-ring (bicyclic) bond motifs is 1. The normalized spacial score (nSPS) is 11.0. The molecule has 0 fully saturated rings. The maximum atomic E-state index is 4.58. The van der Waals surface area contributed by atoms with Gasteiger partial charge in [-0.05, 0) is 32.9 Å². The fraction of sp³-hybridized carbons (Fsp3) is 0.312. The van der Waals surface area contributed by atoms with Gasteiger partial charge in [-0.15, -0.1) is 0 Å². The Bertz CT molecular complexity index is 775. The Morgan fingerprint density at radius 3 is 2.71 bits per heavy atom. The van der Waals surface area contributed by atoms with Gasteiger partial charge in [0.15, 0.2) is 5.82 Å². The lowest BCUT2D eigenvalue weighted by Gasteiger charge is -2.09. The van der Waals surface area contributed by atoms with Crippen LogP contribution in [0.25, 0.3) is 11.0 Å². The first-order chi connectivity index (χ1) is 10.2. The van der Waals surface area contributed by atoms with Gasteiger partial charge in [0.05, 0.1) is 17.6 Å². The molecule has 3 aromatic rings. The van der Waals surface area contributed by atoms with Gasteiger partial charge in [-0.3, -0.25) is 0 Å². The van der Waals surface area contributed by atoms with Gasteiger partial charge in [0.1, 0.15) is 11.6 Å². The van der Waals surface area contributed by atoms with Crippen LogP contribution in [0, 0.1) is 13.8 Å². The Balaban J connectivity index is 2.00. The van der Waals surface area contributed by atoms with E-state index in [4.69, 9.17) is 0 Å². The number of aromatic nitrogens is 4. The number of hydrogen-bond acceptors (Lipinski definition) is 4. The molecule has 0 aliphatic heterocycles. The van der Waals surface area contributed by atoms with Gasteiger partial charge >= 0.3 is 0 Å². The fourth-order valence-corrected chi connectivity index (χ4v) is 2.51. The van der Waals surface area contributed by atoms with Crippen LogP contribution in [0.15, 0.2) is 30.3 Å². The maximum absolute atomic E-state index is 4.58. The van der Waals surface area contributed by atoms with E-state index in [-0.39, 0.29) is 0 Å². The van der Waals surface area contributed by atoms with Crippen LogP contribution in [0.2, 0.25) is 0 Å². The summed E-state index contributed by atoms with van der Waals surface area (Å²) in [6.07, 6.45) is 0. The summed E-state index contributed by atoms with van der Waals surface area (Å²) in [7, 11) is 0. The van der Waals surface area contributed by atoms with Gasteiger partial charge in [0.2, 0.25) is 0 Å². The largest absolute Gasteiger partial charge is 0.370 e. The zero-order chi connectivity index (χ0) is 14.8. The second-order valence-corrected chi connectivity index (χ2v) is 5.08. The third kappa shape index (κ3) is 2.72. The predicted molar refractivity (Wildman–Crippen MR) is 84.5 cm³/mol. The SMILES string of the molecule is CCNc1cc(C)nc(Cn2c(C)nc3ccccc32)n1. The van der Waals surface area contributed by atoms with E-state index in [2.05, 4.69) is 37.8 Å². The highest BCUT2D eigenvalue weighted by atomic mass is 15.1. The number of nitrogens with one attached hydrogen (secondary N) is 1. The Morgan fingerprint density at radius 2 is 1.90 bits per heavy atom. The molecule has 108 valence electrons.